The van der Waals surface area contributed by atoms with E-state index in [1.807, 2.05) is 55.6 Å². The normalized spacial score (nSPS) is 15.5. The van der Waals surface area contributed by atoms with Gasteiger partial charge < -0.3 is 20.3 Å². The number of aromatic amines is 1. The van der Waals surface area contributed by atoms with Crippen molar-refractivity contribution in [2.75, 3.05) is 6.54 Å². The molecule has 7 nitrogen and oxygen atoms in total. The molecular weight excluding hydrogens is 460 g/mol. The first-order valence-corrected chi connectivity index (χ1v) is 12.3. The first-order valence-electron chi connectivity index (χ1n) is 11.4. The molecule has 0 saturated carbocycles. The molecule has 1 saturated heterocycles. The quantitative estimate of drug-likeness (QED) is 0.334. The summed E-state index contributed by atoms with van der Waals surface area (Å²) in [6.45, 7) is 10.3. The van der Waals surface area contributed by atoms with Gasteiger partial charge in [-0.2, -0.15) is 0 Å². The van der Waals surface area contributed by atoms with Gasteiger partial charge in [0.1, 0.15) is 11.9 Å². The third-order valence-electron chi connectivity index (χ3n) is 5.71. The fourth-order valence-corrected chi connectivity index (χ4v) is 4.58. The van der Waals surface area contributed by atoms with Gasteiger partial charge in [-0.15, -0.1) is 24.5 Å². The number of hydrogen-bond donors (Lipinski definition) is 3. The highest BCUT2D eigenvalue weighted by atomic mass is 32.1. The third kappa shape index (κ3) is 6.40. The van der Waals surface area contributed by atoms with E-state index in [4.69, 9.17) is 5.11 Å². The van der Waals surface area contributed by atoms with Gasteiger partial charge in [0.2, 0.25) is 5.91 Å². The molecule has 1 aromatic carbocycles. The number of benzene rings is 1. The lowest BCUT2D eigenvalue weighted by Crippen LogP contribution is -2.50. The summed E-state index contributed by atoms with van der Waals surface area (Å²) in [6, 6.07) is 11.0. The zero-order chi connectivity index (χ0) is 25.4. The van der Waals surface area contributed by atoms with E-state index in [9.17, 15) is 9.59 Å². The number of carbonyl (C=O) groups excluding carboxylic acids is 1. The number of rotatable bonds is 5. The van der Waals surface area contributed by atoms with Gasteiger partial charge in [0, 0.05) is 12.1 Å². The maximum atomic E-state index is 13.1. The lowest BCUT2D eigenvalue weighted by Gasteiger charge is -2.29. The number of nitrogens with zero attached hydrogens (tertiary/aromatic N) is 2. The topological polar surface area (TPSA) is 98.3 Å². The maximum absolute atomic E-state index is 13.1. The monoisotopic (exact) mass is 490 g/mol. The second-order valence-corrected chi connectivity index (χ2v) is 9.30. The molecule has 0 unspecified atom stereocenters. The smallest absolute Gasteiger partial charge is 0.405 e. The average Bonchev–Trinajstić information content (AvgIpc) is 3.63. The lowest BCUT2D eigenvalue weighted by molar-refractivity contribution is -0.135. The Morgan fingerprint density at radius 3 is 2.60 bits per heavy atom. The van der Waals surface area contributed by atoms with Crippen molar-refractivity contribution < 1.29 is 14.7 Å². The Labute approximate surface area is 209 Å². The molecule has 0 bridgehead atoms. The Morgan fingerprint density at radius 1 is 1.23 bits per heavy atom. The number of imidazole rings is 1. The predicted molar refractivity (Wildman–Crippen MR) is 139 cm³/mol. The highest BCUT2D eigenvalue weighted by Crippen LogP contribution is 2.32. The van der Waals surface area contributed by atoms with E-state index in [1.165, 1.54) is 0 Å². The minimum Gasteiger partial charge on any atom is -0.465 e. The van der Waals surface area contributed by atoms with Crippen LogP contribution in [-0.4, -0.2) is 44.6 Å². The summed E-state index contributed by atoms with van der Waals surface area (Å²) in [6.07, 6.45) is 2.22. The average molecular weight is 491 g/mol. The number of carboxylic acid groups (broad SMARTS) is 1. The van der Waals surface area contributed by atoms with E-state index in [0.29, 0.717) is 6.54 Å². The summed E-state index contributed by atoms with van der Waals surface area (Å²) in [4.78, 5) is 35.0. The van der Waals surface area contributed by atoms with Crippen LogP contribution < -0.4 is 5.32 Å². The highest BCUT2D eigenvalue weighted by Gasteiger charge is 2.37. The molecule has 3 aromatic rings. The van der Waals surface area contributed by atoms with Crippen molar-refractivity contribution in [3.8, 4) is 23.1 Å². The molecule has 182 valence electrons. The molecule has 3 heterocycles. The Balaban J connectivity index is 0.00000167. The van der Waals surface area contributed by atoms with Crippen molar-refractivity contribution in [2.45, 2.75) is 38.8 Å². The number of likely N-dealkylation sites (tertiary alicyclic amines) is 1. The van der Waals surface area contributed by atoms with Crippen molar-refractivity contribution in [1.29, 1.82) is 0 Å². The molecular formula is C27H30N4O3S. The van der Waals surface area contributed by atoms with Gasteiger partial charge in [0.25, 0.3) is 0 Å². The van der Waals surface area contributed by atoms with Gasteiger partial charge in [-0.3, -0.25) is 4.79 Å². The van der Waals surface area contributed by atoms with Crippen LogP contribution in [0.25, 0.3) is 11.3 Å². The molecule has 8 heteroatoms. The van der Waals surface area contributed by atoms with Crippen LogP contribution in [0.1, 0.15) is 49.0 Å². The lowest BCUT2D eigenvalue weighted by atomic mass is 10.0. The van der Waals surface area contributed by atoms with Gasteiger partial charge in [-0.05, 0) is 47.9 Å². The van der Waals surface area contributed by atoms with E-state index in [0.717, 1.165) is 40.4 Å². The number of nitrogens with one attached hydrogen (secondary N) is 2. The van der Waals surface area contributed by atoms with Crippen molar-refractivity contribution in [2.24, 2.45) is 5.92 Å². The number of H-pyrrole nitrogens is 1. The molecule has 1 aliphatic rings. The predicted octanol–water partition coefficient (Wildman–Crippen LogP) is 5.30. The first kappa shape index (κ1) is 25.8. The largest absolute Gasteiger partial charge is 0.465 e. The molecule has 1 aliphatic heterocycles. The van der Waals surface area contributed by atoms with E-state index < -0.39 is 12.1 Å². The van der Waals surface area contributed by atoms with Crippen LogP contribution >= 0.6 is 11.3 Å². The van der Waals surface area contributed by atoms with Crippen LogP contribution in [0.5, 0.6) is 0 Å². The number of amides is 2. The minimum atomic E-state index is -1.19. The van der Waals surface area contributed by atoms with Gasteiger partial charge in [0.05, 0.1) is 22.8 Å². The van der Waals surface area contributed by atoms with Gasteiger partial charge in [-0.1, -0.05) is 43.9 Å². The van der Waals surface area contributed by atoms with Crippen LogP contribution in [0.15, 0.2) is 61.1 Å². The summed E-state index contributed by atoms with van der Waals surface area (Å²) in [5.41, 5.74) is 2.79. The molecule has 2 atom stereocenters. The van der Waals surface area contributed by atoms with E-state index in [2.05, 4.69) is 40.3 Å². The van der Waals surface area contributed by atoms with Crippen LogP contribution in [-0.2, 0) is 4.79 Å². The molecule has 35 heavy (non-hydrogen) atoms. The summed E-state index contributed by atoms with van der Waals surface area (Å²) in [5, 5.41) is 13.5. The number of thiophene rings is 1. The molecule has 2 aromatic heterocycles. The first-order chi connectivity index (χ1) is 16.9. The Kier molecular flexibility index (Phi) is 8.87. The fraction of sp³-hybridized carbons (Fsp3) is 0.296. The van der Waals surface area contributed by atoms with Crippen LogP contribution in [0.2, 0.25) is 0 Å². The zero-order valence-electron chi connectivity index (χ0n) is 20.0. The van der Waals surface area contributed by atoms with Gasteiger partial charge >= 0.3 is 6.09 Å². The Hall–Kier alpha value is -3.83. The number of aromatic nitrogens is 2. The van der Waals surface area contributed by atoms with Crippen molar-refractivity contribution in [3.63, 3.8) is 0 Å². The Morgan fingerprint density at radius 2 is 1.97 bits per heavy atom. The van der Waals surface area contributed by atoms with E-state index in [1.54, 1.807) is 22.4 Å². The van der Waals surface area contributed by atoms with Crippen molar-refractivity contribution in [3.05, 3.63) is 77.4 Å². The van der Waals surface area contributed by atoms with Gasteiger partial charge in [0.15, 0.2) is 0 Å². The summed E-state index contributed by atoms with van der Waals surface area (Å²) in [5.74, 6) is 6.69. The SMILES string of the molecule is C=C.CC(C)[C@H](NC(=O)O)C(=O)N1CCC[C@H]1c1ncc(-c2ccc(C#Cc3cccs3)cc2)[nH]1. The highest BCUT2D eigenvalue weighted by molar-refractivity contribution is 7.10. The van der Waals surface area contributed by atoms with Crippen molar-refractivity contribution in [1.82, 2.24) is 20.2 Å². The minimum absolute atomic E-state index is 0.150. The molecule has 4 rings (SSSR count). The second kappa shape index (κ2) is 12.0. The second-order valence-electron chi connectivity index (χ2n) is 8.35. The van der Waals surface area contributed by atoms with E-state index in [-0.39, 0.29) is 17.9 Å². The fourth-order valence-electron chi connectivity index (χ4n) is 4.01. The molecule has 1 fully saturated rings. The summed E-state index contributed by atoms with van der Waals surface area (Å²) in [7, 11) is 0. The standard InChI is InChI=1S/C25H26N4O3S.C2H4/c1-16(2)22(28-25(31)32)24(30)29-13-3-6-21(29)23-26-15-20(27-23)18-10-7-17(8-11-18)9-12-19-5-4-14-33-19;1-2/h4-5,7-8,10-11,14-16,21-22,28H,3,6,13H2,1-2H3,(H,26,27)(H,31,32);1-2H2/t21-,22-;/m0./s1. The van der Waals surface area contributed by atoms with Crippen LogP contribution in [0.3, 0.4) is 0 Å². The summed E-state index contributed by atoms with van der Waals surface area (Å²) >= 11 is 1.62. The molecule has 2 amide bonds. The number of carbonyl (C=O) groups is 2. The van der Waals surface area contributed by atoms with Crippen LogP contribution in [0.4, 0.5) is 4.79 Å². The van der Waals surface area contributed by atoms with Crippen LogP contribution in [0, 0.1) is 17.8 Å². The summed E-state index contributed by atoms with van der Waals surface area (Å²) < 4.78 is 0. The van der Waals surface area contributed by atoms with E-state index >= 15 is 0 Å². The van der Waals surface area contributed by atoms with Gasteiger partial charge in [-0.25, -0.2) is 9.78 Å². The molecule has 3 N–H and O–H groups in total. The molecule has 0 aliphatic carbocycles. The molecule has 0 radical (unpaired) electrons. The number of hydrogen-bond acceptors (Lipinski definition) is 4. The Bertz CT molecular complexity index is 1190. The van der Waals surface area contributed by atoms with Crippen molar-refractivity contribution >= 4 is 23.3 Å². The maximum Gasteiger partial charge on any atom is 0.405 e. The zero-order valence-corrected chi connectivity index (χ0v) is 20.8. The third-order valence-corrected chi connectivity index (χ3v) is 6.49. The molecule has 0 spiro atoms.